The molecule has 636 valence electrons. The highest BCUT2D eigenvalue weighted by Gasteiger charge is 2.59. The van der Waals surface area contributed by atoms with Crippen molar-refractivity contribution in [2.24, 2.45) is 88.8 Å². The van der Waals surface area contributed by atoms with Gasteiger partial charge in [0.2, 0.25) is 0 Å². The van der Waals surface area contributed by atoms with Gasteiger partial charge in [-0.3, -0.25) is 10.6 Å². The maximum Gasteiger partial charge on any atom is 0.412 e. The molecule has 15 nitrogen and oxygen atoms in total. The molecule has 118 heavy (non-hydrogen) atoms. The van der Waals surface area contributed by atoms with Gasteiger partial charge in [0.05, 0.1) is 0 Å². The predicted octanol–water partition coefficient (Wildman–Crippen LogP) is 25.4. The first-order chi connectivity index (χ1) is 57.1. The number of nitrogens with one attached hydrogen (secondary N) is 2. The number of unbranched alkanes of at least 4 members (excludes halogenated alkanes) is 3. The molecule has 26 rings (SSSR count). The van der Waals surface area contributed by atoms with Gasteiger partial charge in [0, 0.05) is 51.6 Å². The normalized spacial score (nSPS) is 34.8. The Hall–Kier alpha value is -7.55. The minimum atomic E-state index is -0.291. The van der Waals surface area contributed by atoms with Crippen molar-refractivity contribution in [1.29, 1.82) is 0 Å². The Morgan fingerprint density at radius 2 is 0.627 bits per heavy atom. The van der Waals surface area contributed by atoms with Gasteiger partial charge in [-0.1, -0.05) is 136 Å². The number of ether oxygens (including phenoxy) is 5. The second kappa shape index (κ2) is 35.5. The standard InChI is InChI=1S/2C24H27NO2.C22H29NO2.C17H29NO2.C16H27NO2/c2*1-16-4-2-3-5-22(16)20-6-8-21(9-7-20)25-23(26)27-24-13-17-10-18(14-24)12-19(11-17)15-24;24-21(23-8-6-20(7-9-23)19-4-2-1-3-5-19)25-22-13-16-10-17(14-22)12-18(11-16)15-22;1-3-4-5-6-18(2)16(19)20-17-10-13-7-14(11-17)9-15(8-13)12-17;1-3-4-5-17(2)15(18)19-16-9-12-6-13(10-16)8-14(7-12)11-16/h2*2-9,17-19H,10-15H2,1H3,(H,25,26);1-5,16-18,20H,6-15H2;13-15H,3-12H2,1-2H3;12-14H,3-11H2,1-2H3. The average molecular weight is 1610 g/mol. The Morgan fingerprint density at radius 1 is 0.347 bits per heavy atom. The first-order valence-electron chi connectivity index (χ1n) is 47.3. The quantitative estimate of drug-likeness (QED) is 0.0676. The van der Waals surface area contributed by atoms with E-state index in [4.69, 9.17) is 23.7 Å². The van der Waals surface area contributed by atoms with Crippen molar-refractivity contribution >= 4 is 41.8 Å². The lowest BCUT2D eigenvalue weighted by Crippen LogP contribution is -2.54. The summed E-state index contributed by atoms with van der Waals surface area (Å²) in [7, 11) is 3.76. The molecule has 1 aliphatic heterocycles. The number of benzene rings is 5. The third-order valence-electron chi connectivity index (χ3n) is 32.2. The third-order valence-corrected chi connectivity index (χ3v) is 32.2. The first-order valence-corrected chi connectivity index (χ1v) is 47.3. The van der Waals surface area contributed by atoms with E-state index in [1.165, 1.54) is 137 Å². The molecule has 21 fully saturated rings. The second-order valence-electron chi connectivity index (χ2n) is 42.0. The highest BCUT2D eigenvalue weighted by atomic mass is 16.6. The van der Waals surface area contributed by atoms with Crippen molar-refractivity contribution < 1.29 is 47.7 Å². The Morgan fingerprint density at radius 3 is 0.932 bits per heavy atom. The van der Waals surface area contributed by atoms with Gasteiger partial charge in [-0.15, -0.1) is 0 Å². The molecule has 1 saturated heterocycles. The first kappa shape index (κ1) is 82.7. The monoisotopic (exact) mass is 1610 g/mol. The van der Waals surface area contributed by atoms with Crippen LogP contribution in [0.3, 0.4) is 0 Å². The van der Waals surface area contributed by atoms with Crippen LogP contribution in [0.2, 0.25) is 0 Å². The van der Waals surface area contributed by atoms with Crippen LogP contribution in [0.25, 0.3) is 22.3 Å². The Kier molecular flexibility index (Phi) is 24.9. The van der Waals surface area contributed by atoms with Gasteiger partial charge in [-0.2, -0.15) is 0 Å². The fourth-order valence-electron chi connectivity index (χ4n) is 28.8. The van der Waals surface area contributed by atoms with E-state index in [1.807, 2.05) is 43.3 Å². The van der Waals surface area contributed by atoms with Gasteiger partial charge in [0.1, 0.15) is 28.0 Å². The number of rotatable bonds is 17. The van der Waals surface area contributed by atoms with Gasteiger partial charge < -0.3 is 38.4 Å². The smallest absolute Gasteiger partial charge is 0.412 e. The molecule has 0 spiro atoms. The number of aryl methyl sites for hydroxylation is 2. The zero-order valence-corrected chi connectivity index (χ0v) is 72.3. The molecule has 5 aromatic rings. The summed E-state index contributed by atoms with van der Waals surface area (Å²) in [6.07, 6.45) is 44.2. The average Bonchev–Trinajstić information content (AvgIpc) is 0.769. The van der Waals surface area contributed by atoms with Crippen LogP contribution in [-0.4, -0.2) is 113 Å². The lowest BCUT2D eigenvalue weighted by atomic mass is 9.54. The van der Waals surface area contributed by atoms with E-state index < -0.39 is 0 Å². The van der Waals surface area contributed by atoms with Crippen LogP contribution in [0.15, 0.2) is 127 Å². The molecule has 0 radical (unpaired) electrons. The van der Waals surface area contributed by atoms with E-state index in [9.17, 15) is 24.0 Å². The van der Waals surface area contributed by atoms with Crippen LogP contribution >= 0.6 is 0 Å². The number of hydrogen-bond acceptors (Lipinski definition) is 10. The lowest BCUT2D eigenvalue weighted by Gasteiger charge is -2.56. The molecule has 15 heteroatoms. The maximum atomic E-state index is 12.8. The summed E-state index contributed by atoms with van der Waals surface area (Å²) in [5.74, 6) is 12.7. The summed E-state index contributed by atoms with van der Waals surface area (Å²) in [6.45, 7) is 11.9. The van der Waals surface area contributed by atoms with Crippen LogP contribution in [0, 0.1) is 103 Å². The highest BCUT2D eigenvalue weighted by Crippen LogP contribution is 2.62. The molecule has 20 aliphatic carbocycles. The zero-order chi connectivity index (χ0) is 81.3. The number of nitrogens with zero attached hydrogens (tertiary/aromatic N) is 3. The second-order valence-corrected chi connectivity index (χ2v) is 42.0. The van der Waals surface area contributed by atoms with Crippen molar-refractivity contribution in [3.05, 3.63) is 144 Å². The number of likely N-dealkylation sites (tertiary alicyclic amines) is 1. The number of carbonyl (C=O) groups is 5. The van der Waals surface area contributed by atoms with E-state index in [1.54, 1.807) is 9.80 Å². The SMILES string of the molecule is CCCCCN(C)C(=O)OC12CC3CC(CC(C3)C1)C2.CCCCN(C)C(=O)OC12CC3CC(CC(C3)C1)C2.Cc1ccccc1-c1ccc(NC(=O)OC23CC4CC(CC(C4)C2)C3)cc1.Cc1ccccc1-c1ccc(NC(=O)OC23CC4CC(CC(C4)C2)C3)cc1.O=C(OC12CC3CC(CC(C3)C1)C2)N1CCC(c2ccccc2)CC1. The molecule has 0 unspecified atom stereocenters. The lowest BCUT2D eigenvalue weighted by molar-refractivity contribution is -0.134. The summed E-state index contributed by atoms with van der Waals surface area (Å²) >= 11 is 0. The topological polar surface area (TPSA) is 165 Å². The molecule has 21 aliphatic rings. The van der Waals surface area contributed by atoms with Crippen LogP contribution < -0.4 is 10.6 Å². The molecule has 2 N–H and O–H groups in total. The van der Waals surface area contributed by atoms with Gasteiger partial charge in [-0.25, -0.2) is 24.0 Å². The van der Waals surface area contributed by atoms with Gasteiger partial charge >= 0.3 is 30.5 Å². The summed E-state index contributed by atoms with van der Waals surface area (Å²) in [6, 6.07) is 43.5. The van der Waals surface area contributed by atoms with E-state index in [0.717, 1.165) is 266 Å². The Balaban J connectivity index is 0.000000106. The van der Waals surface area contributed by atoms with E-state index in [0.29, 0.717) is 5.92 Å². The zero-order valence-electron chi connectivity index (χ0n) is 72.3. The molecule has 20 saturated carbocycles. The number of anilines is 2. The van der Waals surface area contributed by atoms with E-state index in [-0.39, 0.29) is 58.5 Å². The number of piperidine rings is 1. The molecular weight excluding hydrogens is 1470 g/mol. The van der Waals surface area contributed by atoms with Crippen molar-refractivity contribution in [2.45, 2.75) is 299 Å². The predicted molar refractivity (Wildman–Crippen MR) is 467 cm³/mol. The Labute approximate surface area is 705 Å². The van der Waals surface area contributed by atoms with Crippen LogP contribution in [-0.2, 0) is 23.7 Å². The molecule has 1 heterocycles. The fraction of sp³-hybridized carbons (Fsp3) is 0.660. The van der Waals surface area contributed by atoms with Gasteiger partial charge in [-0.05, 0) is 390 Å². The summed E-state index contributed by atoms with van der Waals surface area (Å²) in [5.41, 5.74) is 9.58. The number of amides is 5. The molecular formula is C103H139N5O10. The van der Waals surface area contributed by atoms with E-state index in [2.05, 4.69) is 141 Å². The number of carbonyl (C=O) groups excluding carboxylic acids is 5. The van der Waals surface area contributed by atoms with Crippen LogP contribution in [0.1, 0.15) is 274 Å². The molecule has 20 bridgehead atoms. The van der Waals surface area contributed by atoms with Crippen molar-refractivity contribution in [1.82, 2.24) is 14.7 Å². The van der Waals surface area contributed by atoms with Gasteiger partial charge in [0.25, 0.3) is 0 Å². The number of hydrogen-bond donors (Lipinski definition) is 2. The van der Waals surface area contributed by atoms with Crippen molar-refractivity contribution in [3.8, 4) is 22.3 Å². The van der Waals surface area contributed by atoms with E-state index >= 15 is 0 Å². The minimum absolute atomic E-state index is 0.0338. The largest absolute Gasteiger partial charge is 0.443 e. The minimum Gasteiger partial charge on any atom is -0.443 e. The maximum absolute atomic E-state index is 12.8. The van der Waals surface area contributed by atoms with Crippen molar-refractivity contribution in [2.75, 3.05) is 50.9 Å². The molecule has 0 atom stereocenters. The molecule has 5 amide bonds. The molecule has 0 aromatic heterocycles. The highest BCUT2D eigenvalue weighted by molar-refractivity contribution is 5.86. The van der Waals surface area contributed by atoms with Crippen molar-refractivity contribution in [3.63, 3.8) is 0 Å². The molecule has 5 aromatic carbocycles. The summed E-state index contributed by atoms with van der Waals surface area (Å²) in [4.78, 5) is 68.1. The Bertz CT molecular complexity index is 3960. The summed E-state index contributed by atoms with van der Waals surface area (Å²) < 4.78 is 30.3. The van der Waals surface area contributed by atoms with Crippen LogP contribution in [0.4, 0.5) is 35.3 Å². The summed E-state index contributed by atoms with van der Waals surface area (Å²) in [5, 5.41) is 5.90. The van der Waals surface area contributed by atoms with Gasteiger partial charge in [0.15, 0.2) is 0 Å². The van der Waals surface area contributed by atoms with Crippen LogP contribution in [0.5, 0.6) is 0 Å². The third kappa shape index (κ3) is 19.5. The fourth-order valence-corrected chi connectivity index (χ4v) is 28.8.